The van der Waals surface area contributed by atoms with Crippen LogP contribution in [0.1, 0.15) is 16.8 Å². The van der Waals surface area contributed by atoms with Crippen LogP contribution in [0.15, 0.2) is 18.8 Å². The van der Waals surface area contributed by atoms with Crippen LogP contribution < -0.4 is 11.3 Å². The van der Waals surface area contributed by atoms with Crippen LogP contribution in [0.5, 0.6) is 0 Å². The van der Waals surface area contributed by atoms with Gasteiger partial charge in [0.15, 0.2) is 0 Å². The number of aryl methyl sites for hydroxylation is 1. The zero-order valence-electron chi connectivity index (χ0n) is 7.33. The summed E-state index contributed by atoms with van der Waals surface area (Å²) < 4.78 is 0. The van der Waals surface area contributed by atoms with Gasteiger partial charge in [-0.2, -0.15) is 5.26 Å². The van der Waals surface area contributed by atoms with Crippen LogP contribution in [0.2, 0.25) is 0 Å². The van der Waals surface area contributed by atoms with E-state index in [1.807, 2.05) is 13.0 Å². The van der Waals surface area contributed by atoms with E-state index in [2.05, 4.69) is 17.0 Å². The zero-order chi connectivity index (χ0) is 9.84. The standard InChI is InChI=1S/C9H10N4/c1-6-3-9(7(2)13-11)12-5-8(6)4-10/h3,5,13H,2,11H2,1H3. The number of nitrogens with one attached hydrogen (secondary N) is 1. The minimum atomic E-state index is 0.535. The van der Waals surface area contributed by atoms with E-state index in [-0.39, 0.29) is 0 Å². The van der Waals surface area contributed by atoms with Crippen molar-refractivity contribution in [2.75, 3.05) is 0 Å². The molecule has 0 spiro atoms. The third-order valence-electron chi connectivity index (χ3n) is 1.71. The molecule has 4 nitrogen and oxygen atoms in total. The second-order valence-corrected chi connectivity index (χ2v) is 2.62. The van der Waals surface area contributed by atoms with E-state index in [1.54, 1.807) is 6.07 Å². The molecule has 1 rings (SSSR count). The molecule has 13 heavy (non-hydrogen) atoms. The van der Waals surface area contributed by atoms with Gasteiger partial charge in [-0.05, 0) is 18.6 Å². The van der Waals surface area contributed by atoms with Gasteiger partial charge in [0.2, 0.25) is 0 Å². The number of hydrogen-bond donors (Lipinski definition) is 2. The van der Waals surface area contributed by atoms with E-state index < -0.39 is 0 Å². The van der Waals surface area contributed by atoms with E-state index in [9.17, 15) is 0 Å². The van der Waals surface area contributed by atoms with Crippen molar-refractivity contribution in [1.82, 2.24) is 10.4 Å². The first kappa shape index (κ1) is 9.23. The second-order valence-electron chi connectivity index (χ2n) is 2.62. The summed E-state index contributed by atoms with van der Waals surface area (Å²) in [7, 11) is 0. The van der Waals surface area contributed by atoms with Crippen molar-refractivity contribution in [1.29, 1.82) is 5.26 Å². The van der Waals surface area contributed by atoms with E-state index in [0.717, 1.165) is 5.56 Å². The van der Waals surface area contributed by atoms with Crippen LogP contribution in [0.3, 0.4) is 0 Å². The van der Waals surface area contributed by atoms with Crippen molar-refractivity contribution in [3.63, 3.8) is 0 Å². The molecule has 1 aromatic rings. The summed E-state index contributed by atoms with van der Waals surface area (Å²) in [6.07, 6.45) is 1.51. The lowest BCUT2D eigenvalue weighted by Crippen LogP contribution is -2.19. The molecular weight excluding hydrogens is 164 g/mol. The first-order valence-corrected chi connectivity index (χ1v) is 3.71. The Morgan fingerprint density at radius 1 is 1.77 bits per heavy atom. The highest BCUT2D eigenvalue weighted by atomic mass is 15.2. The van der Waals surface area contributed by atoms with Crippen molar-refractivity contribution in [3.8, 4) is 6.07 Å². The summed E-state index contributed by atoms with van der Waals surface area (Å²) >= 11 is 0. The van der Waals surface area contributed by atoms with Crippen molar-refractivity contribution >= 4 is 5.70 Å². The summed E-state index contributed by atoms with van der Waals surface area (Å²) in [5, 5.41) is 8.65. The molecule has 0 unspecified atom stereocenters. The van der Waals surface area contributed by atoms with Gasteiger partial charge < -0.3 is 5.43 Å². The van der Waals surface area contributed by atoms with E-state index in [0.29, 0.717) is 17.0 Å². The summed E-state index contributed by atoms with van der Waals surface area (Å²) in [5.74, 6) is 5.17. The molecule has 0 bridgehead atoms. The quantitative estimate of drug-likeness (QED) is 0.511. The molecule has 0 aliphatic carbocycles. The summed E-state index contributed by atoms with van der Waals surface area (Å²) in [4.78, 5) is 4.02. The minimum absolute atomic E-state index is 0.535. The fourth-order valence-corrected chi connectivity index (χ4v) is 0.912. The monoisotopic (exact) mass is 174 g/mol. The number of hydrazine groups is 1. The Kier molecular flexibility index (Phi) is 2.62. The molecule has 0 atom stereocenters. The molecule has 0 aliphatic rings. The smallest absolute Gasteiger partial charge is 0.101 e. The fraction of sp³-hybridized carbons (Fsp3) is 0.111. The van der Waals surface area contributed by atoms with Gasteiger partial charge in [-0.3, -0.25) is 10.8 Å². The number of nitrogens with two attached hydrogens (primary N) is 1. The van der Waals surface area contributed by atoms with Crippen molar-refractivity contribution in [2.45, 2.75) is 6.92 Å². The normalized spacial score (nSPS) is 9.00. The average molecular weight is 174 g/mol. The third-order valence-corrected chi connectivity index (χ3v) is 1.71. The number of rotatable bonds is 2. The van der Waals surface area contributed by atoms with Crippen molar-refractivity contribution in [3.05, 3.63) is 35.7 Å². The molecule has 66 valence electrons. The van der Waals surface area contributed by atoms with Gasteiger partial charge in [0, 0.05) is 6.20 Å². The maximum absolute atomic E-state index is 8.65. The Balaban J connectivity index is 3.11. The number of hydrogen-bond acceptors (Lipinski definition) is 4. The largest absolute Gasteiger partial charge is 0.323 e. The van der Waals surface area contributed by atoms with Crippen LogP contribution in [-0.4, -0.2) is 4.98 Å². The molecule has 0 aliphatic heterocycles. The van der Waals surface area contributed by atoms with Gasteiger partial charge in [0.25, 0.3) is 0 Å². The Morgan fingerprint density at radius 3 is 2.92 bits per heavy atom. The molecule has 0 aromatic carbocycles. The van der Waals surface area contributed by atoms with Crippen molar-refractivity contribution < 1.29 is 0 Å². The van der Waals surface area contributed by atoms with Gasteiger partial charge in [0.1, 0.15) is 6.07 Å². The predicted molar refractivity (Wildman–Crippen MR) is 50.0 cm³/mol. The summed E-state index contributed by atoms with van der Waals surface area (Å²) in [6.45, 7) is 5.50. The SMILES string of the molecule is C=C(NN)c1cc(C)c(C#N)cn1. The maximum atomic E-state index is 8.65. The van der Waals surface area contributed by atoms with E-state index in [1.165, 1.54) is 6.20 Å². The van der Waals surface area contributed by atoms with Gasteiger partial charge >= 0.3 is 0 Å². The molecular formula is C9H10N4. The van der Waals surface area contributed by atoms with Crippen molar-refractivity contribution in [2.24, 2.45) is 5.84 Å². The molecule has 4 heteroatoms. The summed E-state index contributed by atoms with van der Waals surface area (Å²) in [6, 6.07) is 3.80. The Labute approximate surface area is 76.7 Å². The Hall–Kier alpha value is -1.86. The topological polar surface area (TPSA) is 74.7 Å². The summed E-state index contributed by atoms with van der Waals surface area (Å²) in [5.41, 5.74) is 5.02. The number of nitrogens with zero attached hydrogens (tertiary/aromatic N) is 2. The molecule has 0 radical (unpaired) electrons. The van der Waals surface area contributed by atoms with Gasteiger partial charge in [-0.15, -0.1) is 0 Å². The zero-order valence-corrected chi connectivity index (χ0v) is 7.33. The van der Waals surface area contributed by atoms with Gasteiger partial charge in [-0.1, -0.05) is 6.58 Å². The van der Waals surface area contributed by atoms with Crippen LogP contribution in [0, 0.1) is 18.3 Å². The lowest BCUT2D eigenvalue weighted by Gasteiger charge is -2.04. The third kappa shape index (κ3) is 1.83. The van der Waals surface area contributed by atoms with Crippen LogP contribution in [-0.2, 0) is 0 Å². The van der Waals surface area contributed by atoms with Crippen LogP contribution >= 0.6 is 0 Å². The molecule has 3 N–H and O–H groups in total. The lowest BCUT2D eigenvalue weighted by atomic mass is 10.1. The first-order valence-electron chi connectivity index (χ1n) is 3.71. The highest BCUT2D eigenvalue weighted by molar-refractivity contribution is 5.59. The molecule has 1 heterocycles. The van der Waals surface area contributed by atoms with Crippen LogP contribution in [0.4, 0.5) is 0 Å². The molecule has 0 saturated heterocycles. The molecule has 1 aromatic heterocycles. The molecule has 0 saturated carbocycles. The number of pyridine rings is 1. The van der Waals surface area contributed by atoms with E-state index in [4.69, 9.17) is 11.1 Å². The predicted octanol–water partition coefficient (Wildman–Crippen LogP) is 0.696. The maximum Gasteiger partial charge on any atom is 0.101 e. The minimum Gasteiger partial charge on any atom is -0.323 e. The second kappa shape index (κ2) is 3.70. The highest BCUT2D eigenvalue weighted by Gasteiger charge is 2.02. The van der Waals surface area contributed by atoms with Gasteiger partial charge in [-0.25, -0.2) is 0 Å². The number of aromatic nitrogens is 1. The molecule has 0 amide bonds. The first-order chi connectivity index (χ1) is 6.19. The lowest BCUT2D eigenvalue weighted by molar-refractivity contribution is 0.979. The average Bonchev–Trinajstić information content (AvgIpc) is 2.16. The Morgan fingerprint density at radius 2 is 2.46 bits per heavy atom. The van der Waals surface area contributed by atoms with E-state index >= 15 is 0 Å². The van der Waals surface area contributed by atoms with Gasteiger partial charge in [0.05, 0.1) is 17.0 Å². The fourth-order valence-electron chi connectivity index (χ4n) is 0.912. The molecule has 0 fully saturated rings. The number of nitriles is 1. The van der Waals surface area contributed by atoms with Crippen LogP contribution in [0.25, 0.3) is 5.70 Å². The Bertz CT molecular complexity index is 376. The highest BCUT2D eigenvalue weighted by Crippen LogP contribution is 2.10.